The van der Waals surface area contributed by atoms with Crippen LogP contribution in [0, 0.1) is 0 Å². The highest BCUT2D eigenvalue weighted by Crippen LogP contribution is 2.41. The first-order valence-electron chi connectivity index (χ1n) is 22.4. The minimum absolute atomic E-state index is 0. The predicted octanol–water partition coefficient (Wildman–Crippen LogP) is 8.86. The Morgan fingerprint density at radius 3 is 1.34 bits per heavy atom. The number of imide groups is 2. The van der Waals surface area contributed by atoms with Crippen LogP contribution in [0.3, 0.4) is 0 Å². The number of hydrogen-bond acceptors (Lipinski definition) is 14. The third kappa shape index (κ3) is 11.1. The fraction of sp³-hybridized carbons (Fsp3) is 0.347. The van der Waals surface area contributed by atoms with Gasteiger partial charge in [-0.15, -0.1) is 0 Å². The monoisotopic (exact) mass is 1030 g/mol. The van der Waals surface area contributed by atoms with Crippen LogP contribution in [0.4, 0.5) is 26.3 Å². The van der Waals surface area contributed by atoms with E-state index in [-0.39, 0.29) is 38.2 Å². The molecule has 0 unspecified atom stereocenters. The molecule has 0 spiro atoms. The quantitative estimate of drug-likeness (QED) is 0.0607. The van der Waals surface area contributed by atoms with E-state index in [1.807, 2.05) is 27.7 Å². The lowest BCUT2D eigenvalue weighted by atomic mass is 9.81. The summed E-state index contributed by atoms with van der Waals surface area (Å²) in [7, 11) is -0.757. The van der Waals surface area contributed by atoms with E-state index in [4.69, 9.17) is 20.9 Å². The van der Waals surface area contributed by atoms with Gasteiger partial charge >= 0.3 is 19.5 Å². The number of aromatic nitrogens is 8. The van der Waals surface area contributed by atoms with Crippen LogP contribution in [0.5, 0.6) is 0 Å². The van der Waals surface area contributed by atoms with E-state index in [1.54, 1.807) is 60.7 Å². The molecule has 1 saturated heterocycles. The Bertz CT molecular complexity index is 3030. The molecule has 0 N–H and O–H groups in total. The van der Waals surface area contributed by atoms with Gasteiger partial charge in [0.1, 0.15) is 16.8 Å². The van der Waals surface area contributed by atoms with Crippen molar-refractivity contribution in [2.45, 2.75) is 109 Å². The van der Waals surface area contributed by atoms with Gasteiger partial charge in [0.15, 0.2) is 0 Å². The molecule has 6 aromatic rings. The average molecular weight is 1030 g/mol. The lowest BCUT2D eigenvalue weighted by Crippen LogP contribution is -2.41. The molecule has 0 atom stereocenters. The summed E-state index contributed by atoms with van der Waals surface area (Å²) in [4.78, 5) is 83.3. The molecule has 2 saturated carbocycles. The number of benzene rings is 2. The maximum atomic E-state index is 12.8. The molecule has 2 aromatic carbocycles. The van der Waals surface area contributed by atoms with Crippen LogP contribution in [0.1, 0.15) is 149 Å². The van der Waals surface area contributed by atoms with Gasteiger partial charge in [0.05, 0.1) is 63.6 Å². The number of carbonyl (C=O) groups excluding carboxylic acids is 4. The van der Waals surface area contributed by atoms with Gasteiger partial charge in [-0.1, -0.05) is 43.3 Å². The third-order valence-corrected chi connectivity index (χ3v) is 12.7. The Hall–Kier alpha value is -7.11. The molecule has 4 amide bonds. The maximum Gasteiger partial charge on any atom is 0.498 e. The summed E-state index contributed by atoms with van der Waals surface area (Å²) in [5, 5.41) is 0.350. The van der Waals surface area contributed by atoms with Crippen LogP contribution in [-0.4, -0.2) is 91.6 Å². The van der Waals surface area contributed by atoms with Gasteiger partial charge < -0.3 is 9.31 Å². The molecule has 378 valence electrons. The summed E-state index contributed by atoms with van der Waals surface area (Å²) in [6.45, 7) is 7.49. The first-order valence-corrected chi connectivity index (χ1v) is 22.8. The fourth-order valence-electron chi connectivity index (χ4n) is 7.64. The van der Waals surface area contributed by atoms with E-state index in [2.05, 4.69) is 39.9 Å². The standard InChI is InChI=1S/C21H14F3N5O2.C16H12ClN3O2.C11H14BF3N2O2.CH4/c22-21(23,24)20-25-8-12(9-26-20)16-7-13(27-17(28-16)11-5-6-11)10-29-18(30)14-3-1-2-4-15(14)19(29)31;17-13-7-10(18-14(19-13)9-5-6-9)8-20-15(21)11-3-1-2-4-12(11)16(20)22;1-9(2)10(3,4)19-12(18-9)7-5-16-8(17-6-7)11(13,14)15;/h1-4,7-9,11H,5-6,10H2;1-4,7,9H,5-6,8H2;5-6H,1-4H3;1H4. The van der Waals surface area contributed by atoms with Crippen molar-refractivity contribution in [2.75, 3.05) is 0 Å². The molecule has 73 heavy (non-hydrogen) atoms. The molecule has 16 nitrogen and oxygen atoms in total. The van der Waals surface area contributed by atoms with E-state index < -0.39 is 54.1 Å². The number of alkyl halides is 6. The summed E-state index contributed by atoms with van der Waals surface area (Å²) in [5.41, 5.74) is 2.45. The molecule has 2 aliphatic carbocycles. The van der Waals surface area contributed by atoms with Gasteiger partial charge in [0, 0.05) is 47.6 Å². The highest BCUT2D eigenvalue weighted by Gasteiger charge is 2.52. The maximum absolute atomic E-state index is 12.8. The molecule has 3 fully saturated rings. The number of nitrogens with zero attached hydrogens (tertiary/aromatic N) is 10. The number of halogens is 7. The molecular formula is C49H44BClF6N10O6. The topological polar surface area (TPSA) is 196 Å². The van der Waals surface area contributed by atoms with Crippen molar-refractivity contribution in [3.63, 3.8) is 0 Å². The van der Waals surface area contributed by atoms with Crippen molar-refractivity contribution in [1.29, 1.82) is 0 Å². The number of fused-ring (bicyclic) bond motifs is 2. The van der Waals surface area contributed by atoms with Crippen LogP contribution in [0.25, 0.3) is 11.3 Å². The Morgan fingerprint density at radius 2 is 0.959 bits per heavy atom. The Balaban J connectivity index is 0.000000151. The zero-order valence-corrected chi connectivity index (χ0v) is 39.4. The lowest BCUT2D eigenvalue weighted by Gasteiger charge is -2.32. The summed E-state index contributed by atoms with van der Waals surface area (Å²) in [5.74, 6) is -2.06. The van der Waals surface area contributed by atoms with Gasteiger partial charge in [-0.2, -0.15) is 26.3 Å². The predicted molar refractivity (Wildman–Crippen MR) is 250 cm³/mol. The largest absolute Gasteiger partial charge is 0.498 e. The average Bonchev–Trinajstić information content (AvgIpc) is 4.29. The second-order valence-electron chi connectivity index (χ2n) is 18.4. The summed E-state index contributed by atoms with van der Waals surface area (Å²) >= 11 is 6.03. The van der Waals surface area contributed by atoms with Crippen molar-refractivity contribution in [3.05, 3.63) is 148 Å². The number of amides is 4. The second kappa shape index (κ2) is 19.7. The first-order chi connectivity index (χ1) is 34.0. The van der Waals surface area contributed by atoms with E-state index in [0.29, 0.717) is 73.1 Å². The number of hydrogen-bond donors (Lipinski definition) is 0. The lowest BCUT2D eigenvalue weighted by molar-refractivity contribution is -0.145. The molecule has 0 radical (unpaired) electrons. The summed E-state index contributed by atoms with van der Waals surface area (Å²) in [6.07, 6.45) is -0.982. The highest BCUT2D eigenvalue weighted by molar-refractivity contribution is 6.61. The van der Waals surface area contributed by atoms with Crippen LogP contribution < -0.4 is 5.46 Å². The Labute approximate surface area is 419 Å². The zero-order chi connectivity index (χ0) is 51.5. The molecule has 7 heterocycles. The van der Waals surface area contributed by atoms with Gasteiger partial charge in [-0.3, -0.25) is 29.0 Å². The van der Waals surface area contributed by atoms with Crippen LogP contribution in [0.15, 0.2) is 85.5 Å². The molecule has 11 rings (SSSR count). The van der Waals surface area contributed by atoms with E-state index >= 15 is 0 Å². The summed E-state index contributed by atoms with van der Waals surface area (Å²) < 4.78 is 86.7. The van der Waals surface area contributed by atoms with Gasteiger partial charge in [-0.25, -0.2) is 39.9 Å². The van der Waals surface area contributed by atoms with E-state index in [1.165, 1.54) is 4.90 Å². The minimum atomic E-state index is -4.64. The Kier molecular flexibility index (Phi) is 14.1. The van der Waals surface area contributed by atoms with Crippen LogP contribution >= 0.6 is 11.6 Å². The van der Waals surface area contributed by atoms with E-state index in [0.717, 1.165) is 55.4 Å². The van der Waals surface area contributed by atoms with Crippen LogP contribution in [-0.2, 0) is 34.8 Å². The zero-order valence-electron chi connectivity index (χ0n) is 38.6. The van der Waals surface area contributed by atoms with Crippen molar-refractivity contribution < 1.29 is 54.8 Å². The summed E-state index contributed by atoms with van der Waals surface area (Å²) in [6, 6.07) is 16.5. The van der Waals surface area contributed by atoms with Gasteiger partial charge in [0.2, 0.25) is 11.6 Å². The molecular weight excluding hydrogens is 985 g/mol. The third-order valence-electron chi connectivity index (χ3n) is 12.5. The molecule has 0 bridgehead atoms. The van der Waals surface area contributed by atoms with E-state index in [9.17, 15) is 45.5 Å². The smallest absolute Gasteiger partial charge is 0.399 e. The minimum Gasteiger partial charge on any atom is -0.399 e. The number of rotatable bonds is 8. The molecule has 5 aliphatic rings. The molecule has 24 heteroatoms. The van der Waals surface area contributed by atoms with Crippen molar-refractivity contribution in [2.24, 2.45) is 0 Å². The second-order valence-corrected chi connectivity index (χ2v) is 18.8. The van der Waals surface area contributed by atoms with Crippen molar-refractivity contribution in [3.8, 4) is 11.3 Å². The number of carbonyl (C=O) groups is 4. The van der Waals surface area contributed by atoms with Crippen molar-refractivity contribution in [1.82, 2.24) is 49.7 Å². The normalized spacial score (nSPS) is 17.6. The van der Waals surface area contributed by atoms with Crippen molar-refractivity contribution >= 4 is 47.8 Å². The molecule has 3 aliphatic heterocycles. The fourth-order valence-corrected chi connectivity index (χ4v) is 7.85. The SMILES string of the molecule is C.CC1(C)OB(c2cnc(C(F)(F)F)nc2)OC1(C)C.O=C1c2ccccc2C(=O)N1Cc1cc(-c2cnc(C(F)(F)F)nc2)nc(C2CC2)n1.O=C1c2ccccc2C(=O)N1Cc1cc(Cl)nc(C2CC2)n1. The molecule has 4 aromatic heterocycles. The van der Waals surface area contributed by atoms with Crippen LogP contribution in [0.2, 0.25) is 5.15 Å². The van der Waals surface area contributed by atoms with Gasteiger partial charge in [-0.05, 0) is 89.8 Å². The highest BCUT2D eigenvalue weighted by atomic mass is 35.5. The first kappa shape index (κ1) is 52.2. The van der Waals surface area contributed by atoms with Gasteiger partial charge in [0.25, 0.3) is 23.6 Å². The Morgan fingerprint density at radius 1 is 0.589 bits per heavy atom.